The quantitative estimate of drug-likeness (QED) is 0.864. The molecule has 0 aliphatic carbocycles. The molecule has 2 N–H and O–H groups in total. The van der Waals surface area contributed by atoms with E-state index in [0.29, 0.717) is 16.7 Å². The minimum atomic E-state index is -1.12. The number of aliphatic carboxylic acids is 1. The van der Waals surface area contributed by atoms with Crippen molar-refractivity contribution in [3.8, 4) is 17.2 Å². The van der Waals surface area contributed by atoms with Gasteiger partial charge >= 0.3 is 5.97 Å². The molecule has 4 nitrogen and oxygen atoms in total. The van der Waals surface area contributed by atoms with E-state index in [1.54, 1.807) is 26.0 Å². The molecule has 6 heteroatoms. The second-order valence-corrected chi connectivity index (χ2v) is 5.90. The van der Waals surface area contributed by atoms with Crippen molar-refractivity contribution >= 4 is 5.97 Å². The molecule has 25 heavy (non-hydrogen) atoms. The van der Waals surface area contributed by atoms with Crippen LogP contribution in [0.1, 0.15) is 34.7 Å². The van der Waals surface area contributed by atoms with Crippen molar-refractivity contribution in [1.29, 1.82) is 5.26 Å². The number of carbonyl (C=O) groups is 1. The van der Waals surface area contributed by atoms with Gasteiger partial charge in [-0.1, -0.05) is 0 Å². The second kappa shape index (κ2) is 7.41. The van der Waals surface area contributed by atoms with E-state index >= 15 is 0 Å². The van der Waals surface area contributed by atoms with Gasteiger partial charge in [-0.15, -0.1) is 0 Å². The van der Waals surface area contributed by atoms with Crippen molar-refractivity contribution in [2.24, 2.45) is 0 Å². The first kappa shape index (κ1) is 18.6. The zero-order valence-electron chi connectivity index (χ0n) is 14.2. The monoisotopic (exact) mass is 344 g/mol. The first-order valence-corrected chi connectivity index (χ1v) is 7.68. The van der Waals surface area contributed by atoms with Gasteiger partial charge in [0.05, 0.1) is 18.1 Å². The molecule has 0 bridgehead atoms. The number of benzene rings is 2. The standard InChI is InChI=1S/C19H18F2N2O2/c1-10-4-12(9-22)5-11(2)18(10)13-6-14(19(21)15(20)7-13)16(23-3)8-17(24)25/h4-7,16,23H,8H2,1-3H3,(H,24,25). The van der Waals surface area contributed by atoms with Gasteiger partial charge in [0.15, 0.2) is 11.6 Å². The summed E-state index contributed by atoms with van der Waals surface area (Å²) in [6, 6.07) is 7.11. The van der Waals surface area contributed by atoms with E-state index in [1.165, 1.54) is 13.1 Å². The third kappa shape index (κ3) is 3.83. The Labute approximate surface area is 144 Å². The Kier molecular flexibility index (Phi) is 5.50. The van der Waals surface area contributed by atoms with Crippen molar-refractivity contribution in [2.45, 2.75) is 26.3 Å². The lowest BCUT2D eigenvalue weighted by molar-refractivity contribution is -0.137. The van der Waals surface area contributed by atoms with Gasteiger partial charge in [-0.2, -0.15) is 5.26 Å². The molecule has 2 aromatic carbocycles. The Morgan fingerprint density at radius 2 is 1.84 bits per heavy atom. The van der Waals surface area contributed by atoms with E-state index in [0.717, 1.165) is 17.2 Å². The van der Waals surface area contributed by atoms with Crippen LogP contribution in [-0.4, -0.2) is 18.1 Å². The summed E-state index contributed by atoms with van der Waals surface area (Å²) in [5.41, 5.74) is 3.10. The molecule has 1 unspecified atom stereocenters. The molecule has 0 amide bonds. The fourth-order valence-electron chi connectivity index (χ4n) is 3.03. The van der Waals surface area contributed by atoms with Crippen molar-refractivity contribution in [2.75, 3.05) is 7.05 Å². The van der Waals surface area contributed by atoms with Crippen molar-refractivity contribution < 1.29 is 18.7 Å². The van der Waals surface area contributed by atoms with Gasteiger partial charge in [-0.3, -0.25) is 4.79 Å². The topological polar surface area (TPSA) is 73.1 Å². The van der Waals surface area contributed by atoms with Crippen LogP contribution >= 0.6 is 0 Å². The highest BCUT2D eigenvalue weighted by atomic mass is 19.2. The molecule has 0 heterocycles. The molecule has 0 aromatic heterocycles. The molecule has 1 atom stereocenters. The Bertz CT molecular complexity index is 849. The second-order valence-electron chi connectivity index (χ2n) is 5.90. The molecule has 0 aliphatic heterocycles. The van der Waals surface area contributed by atoms with Crippen LogP contribution in [0, 0.1) is 36.8 Å². The summed E-state index contributed by atoms with van der Waals surface area (Å²) < 4.78 is 28.4. The van der Waals surface area contributed by atoms with Crippen LogP contribution in [-0.2, 0) is 4.79 Å². The summed E-state index contributed by atoms with van der Waals surface area (Å²) in [6.45, 7) is 3.58. The summed E-state index contributed by atoms with van der Waals surface area (Å²) in [5.74, 6) is -3.22. The van der Waals surface area contributed by atoms with E-state index in [-0.39, 0.29) is 12.0 Å². The normalized spacial score (nSPS) is 11.8. The van der Waals surface area contributed by atoms with E-state index in [2.05, 4.69) is 11.4 Å². The Balaban J connectivity index is 2.66. The lowest BCUT2D eigenvalue weighted by Gasteiger charge is -2.18. The third-order valence-corrected chi connectivity index (χ3v) is 4.11. The summed E-state index contributed by atoms with van der Waals surface area (Å²) in [7, 11) is 1.50. The highest BCUT2D eigenvalue weighted by Gasteiger charge is 2.22. The van der Waals surface area contributed by atoms with Crippen molar-refractivity contribution in [1.82, 2.24) is 5.32 Å². The lowest BCUT2D eigenvalue weighted by atomic mass is 9.91. The fraction of sp³-hybridized carbons (Fsp3) is 0.263. The SMILES string of the molecule is CNC(CC(=O)O)c1cc(-c2c(C)cc(C#N)cc2C)cc(F)c1F. The van der Waals surface area contributed by atoms with Gasteiger partial charge in [0.25, 0.3) is 0 Å². The van der Waals surface area contributed by atoms with Gasteiger partial charge in [0.1, 0.15) is 0 Å². The number of nitrogens with one attached hydrogen (secondary N) is 1. The van der Waals surface area contributed by atoms with Gasteiger partial charge in [-0.05, 0) is 67.4 Å². The Morgan fingerprint density at radius 1 is 1.24 bits per heavy atom. The predicted molar refractivity (Wildman–Crippen MR) is 90.0 cm³/mol. The number of nitriles is 1. The smallest absolute Gasteiger partial charge is 0.305 e. The van der Waals surface area contributed by atoms with Crippen LogP contribution in [0.2, 0.25) is 0 Å². The number of hydrogen-bond acceptors (Lipinski definition) is 3. The predicted octanol–water partition coefficient (Wildman–Crippen LogP) is 3.86. The number of aryl methyl sites for hydroxylation is 2. The molecule has 0 aliphatic rings. The molecule has 2 rings (SSSR count). The number of hydrogen-bond donors (Lipinski definition) is 2. The number of halogens is 2. The Hall–Kier alpha value is -2.78. The number of carboxylic acid groups (broad SMARTS) is 1. The van der Waals surface area contributed by atoms with E-state index in [9.17, 15) is 13.6 Å². The molecular formula is C19H18F2N2O2. The maximum atomic E-state index is 14.3. The van der Waals surface area contributed by atoms with Gasteiger partial charge in [0, 0.05) is 11.6 Å². The maximum Gasteiger partial charge on any atom is 0.305 e. The van der Waals surface area contributed by atoms with Crippen LogP contribution in [0.4, 0.5) is 8.78 Å². The van der Waals surface area contributed by atoms with Crippen LogP contribution in [0.25, 0.3) is 11.1 Å². The molecular weight excluding hydrogens is 326 g/mol. The van der Waals surface area contributed by atoms with Crippen LogP contribution in [0.3, 0.4) is 0 Å². The molecule has 0 radical (unpaired) electrons. The zero-order chi connectivity index (χ0) is 18.7. The Morgan fingerprint density at radius 3 is 2.32 bits per heavy atom. The summed E-state index contributed by atoms with van der Waals surface area (Å²) in [4.78, 5) is 11.0. The van der Waals surface area contributed by atoms with Crippen molar-refractivity contribution in [3.05, 3.63) is 58.2 Å². The molecule has 130 valence electrons. The van der Waals surface area contributed by atoms with E-state index in [1.807, 2.05) is 0 Å². The molecule has 0 saturated carbocycles. The van der Waals surface area contributed by atoms with E-state index < -0.39 is 23.6 Å². The average Bonchev–Trinajstić information content (AvgIpc) is 2.54. The van der Waals surface area contributed by atoms with E-state index in [4.69, 9.17) is 10.4 Å². The maximum absolute atomic E-state index is 14.3. The minimum absolute atomic E-state index is 0.0388. The summed E-state index contributed by atoms with van der Waals surface area (Å²) in [6.07, 6.45) is -0.373. The van der Waals surface area contributed by atoms with Crippen LogP contribution < -0.4 is 5.32 Å². The summed E-state index contributed by atoms with van der Waals surface area (Å²) >= 11 is 0. The van der Waals surface area contributed by atoms with Gasteiger partial charge in [0.2, 0.25) is 0 Å². The third-order valence-electron chi connectivity index (χ3n) is 4.11. The lowest BCUT2D eigenvalue weighted by Crippen LogP contribution is -2.21. The van der Waals surface area contributed by atoms with Crippen LogP contribution in [0.15, 0.2) is 24.3 Å². The average molecular weight is 344 g/mol. The minimum Gasteiger partial charge on any atom is -0.481 e. The van der Waals surface area contributed by atoms with Crippen LogP contribution in [0.5, 0.6) is 0 Å². The van der Waals surface area contributed by atoms with Gasteiger partial charge < -0.3 is 10.4 Å². The fourth-order valence-corrected chi connectivity index (χ4v) is 3.03. The number of carboxylic acids is 1. The molecule has 0 spiro atoms. The zero-order valence-corrected chi connectivity index (χ0v) is 14.2. The molecule has 0 fully saturated rings. The summed E-state index contributed by atoms with van der Waals surface area (Å²) in [5, 5.41) is 20.7. The number of nitrogens with zero attached hydrogens (tertiary/aromatic N) is 1. The van der Waals surface area contributed by atoms with Gasteiger partial charge in [-0.25, -0.2) is 8.78 Å². The highest BCUT2D eigenvalue weighted by Crippen LogP contribution is 2.33. The first-order chi connectivity index (χ1) is 11.8. The first-order valence-electron chi connectivity index (χ1n) is 7.68. The van der Waals surface area contributed by atoms with Crippen molar-refractivity contribution in [3.63, 3.8) is 0 Å². The highest BCUT2D eigenvalue weighted by molar-refractivity contribution is 5.73. The molecule has 2 aromatic rings. The largest absolute Gasteiger partial charge is 0.481 e. The number of rotatable bonds is 5. The molecule has 0 saturated heterocycles.